The molecule has 3 N–H and O–H groups in total. The molecule has 1 atom stereocenters. The molecule has 0 spiro atoms. The average Bonchev–Trinajstić information content (AvgIpc) is 2.16. The van der Waals surface area contributed by atoms with Crippen molar-refractivity contribution in [1.82, 2.24) is 9.97 Å². The van der Waals surface area contributed by atoms with E-state index >= 15 is 0 Å². The van der Waals surface area contributed by atoms with Gasteiger partial charge < -0.3 is 10.2 Å². The van der Waals surface area contributed by atoms with Crippen LogP contribution in [0, 0.1) is 6.92 Å². The number of hydrogen-bond donors (Lipinski definition) is 2. The molecule has 0 aliphatic carbocycles. The number of nitrogens with two attached hydrogens (primary N) is 1. The third kappa shape index (κ3) is 2.85. The van der Waals surface area contributed by atoms with Crippen LogP contribution >= 0.6 is 0 Å². The Bertz CT molecular complexity index is 303. The third-order valence-electron chi connectivity index (χ3n) is 1.86. The number of aromatic nitrogens is 2. The lowest BCUT2D eigenvalue weighted by atomic mass is 10.3. The number of rotatable bonds is 4. The van der Waals surface area contributed by atoms with Crippen LogP contribution in [0.3, 0.4) is 0 Å². The minimum atomic E-state index is 0.148. The quantitative estimate of drug-likeness (QED) is 0.560. The third-order valence-corrected chi connectivity index (χ3v) is 1.86. The Kier molecular flexibility index (Phi) is 3.64. The first-order valence-corrected chi connectivity index (χ1v) is 4.64. The van der Waals surface area contributed by atoms with Crippen molar-refractivity contribution in [2.75, 3.05) is 5.43 Å². The van der Waals surface area contributed by atoms with E-state index in [-0.39, 0.29) is 6.10 Å². The molecule has 0 aliphatic heterocycles. The zero-order chi connectivity index (χ0) is 10.6. The normalized spacial score (nSPS) is 12.3. The van der Waals surface area contributed by atoms with E-state index in [1.165, 1.54) is 0 Å². The van der Waals surface area contributed by atoms with Gasteiger partial charge in [-0.2, -0.15) is 4.98 Å². The number of hydrogen-bond acceptors (Lipinski definition) is 5. The number of ether oxygens (including phenoxy) is 1. The summed E-state index contributed by atoms with van der Waals surface area (Å²) in [6.45, 7) is 5.85. The van der Waals surface area contributed by atoms with Crippen LogP contribution in [-0.4, -0.2) is 16.1 Å². The molecule has 1 aromatic heterocycles. The fourth-order valence-corrected chi connectivity index (χ4v) is 0.964. The first-order valence-electron chi connectivity index (χ1n) is 4.64. The van der Waals surface area contributed by atoms with E-state index in [0.717, 1.165) is 6.42 Å². The van der Waals surface area contributed by atoms with Gasteiger partial charge in [-0.15, -0.1) is 0 Å². The SMILES string of the molecule is CCC(C)Oc1cc(NN)nc(C)n1. The maximum absolute atomic E-state index is 5.54. The van der Waals surface area contributed by atoms with Crippen molar-refractivity contribution in [1.29, 1.82) is 0 Å². The zero-order valence-corrected chi connectivity index (χ0v) is 8.74. The summed E-state index contributed by atoms with van der Waals surface area (Å²) < 4.78 is 5.54. The van der Waals surface area contributed by atoms with Crippen LogP contribution < -0.4 is 16.0 Å². The van der Waals surface area contributed by atoms with Gasteiger partial charge >= 0.3 is 0 Å². The molecule has 0 saturated carbocycles. The van der Waals surface area contributed by atoms with Crippen LogP contribution in [0.15, 0.2) is 6.07 Å². The van der Waals surface area contributed by atoms with Gasteiger partial charge in [-0.05, 0) is 20.3 Å². The predicted molar refractivity (Wildman–Crippen MR) is 55.0 cm³/mol. The molecule has 1 heterocycles. The van der Waals surface area contributed by atoms with Gasteiger partial charge in [0.25, 0.3) is 0 Å². The van der Waals surface area contributed by atoms with Gasteiger partial charge in [-0.1, -0.05) is 6.92 Å². The molecule has 1 rings (SSSR count). The van der Waals surface area contributed by atoms with Gasteiger partial charge in [0.05, 0.1) is 6.10 Å². The van der Waals surface area contributed by atoms with Crippen molar-refractivity contribution in [2.24, 2.45) is 5.84 Å². The molecule has 0 fully saturated rings. The van der Waals surface area contributed by atoms with Gasteiger partial charge in [0.2, 0.25) is 5.88 Å². The topological polar surface area (TPSA) is 73.1 Å². The van der Waals surface area contributed by atoms with E-state index < -0.39 is 0 Å². The van der Waals surface area contributed by atoms with E-state index in [1.54, 1.807) is 13.0 Å². The molecule has 78 valence electrons. The van der Waals surface area contributed by atoms with Crippen molar-refractivity contribution in [3.63, 3.8) is 0 Å². The molecule has 0 aromatic carbocycles. The second-order valence-corrected chi connectivity index (χ2v) is 3.12. The molecule has 0 aliphatic rings. The lowest BCUT2D eigenvalue weighted by molar-refractivity contribution is 0.208. The summed E-state index contributed by atoms with van der Waals surface area (Å²) in [5.74, 6) is 7.01. The van der Waals surface area contributed by atoms with Crippen LogP contribution in [0.5, 0.6) is 5.88 Å². The zero-order valence-electron chi connectivity index (χ0n) is 8.74. The van der Waals surface area contributed by atoms with Gasteiger partial charge in [0.1, 0.15) is 11.6 Å². The second kappa shape index (κ2) is 4.76. The van der Waals surface area contributed by atoms with Crippen LogP contribution in [0.2, 0.25) is 0 Å². The van der Waals surface area contributed by atoms with Crippen LogP contribution in [0.4, 0.5) is 5.82 Å². The Morgan fingerprint density at radius 1 is 1.57 bits per heavy atom. The van der Waals surface area contributed by atoms with Gasteiger partial charge in [-0.25, -0.2) is 10.8 Å². The summed E-state index contributed by atoms with van der Waals surface area (Å²) in [5, 5.41) is 0. The molecule has 5 heteroatoms. The minimum Gasteiger partial charge on any atom is -0.475 e. The highest BCUT2D eigenvalue weighted by Gasteiger charge is 2.05. The number of aryl methyl sites for hydroxylation is 1. The van der Waals surface area contributed by atoms with Gasteiger partial charge in [0.15, 0.2) is 0 Å². The van der Waals surface area contributed by atoms with Crippen molar-refractivity contribution in [3.05, 3.63) is 11.9 Å². The molecule has 1 unspecified atom stereocenters. The molecule has 0 saturated heterocycles. The molecule has 5 nitrogen and oxygen atoms in total. The monoisotopic (exact) mass is 196 g/mol. The summed E-state index contributed by atoms with van der Waals surface area (Å²) in [4.78, 5) is 8.20. The number of hydrazine groups is 1. The molecular weight excluding hydrogens is 180 g/mol. The Morgan fingerprint density at radius 2 is 2.29 bits per heavy atom. The van der Waals surface area contributed by atoms with E-state index in [2.05, 4.69) is 22.3 Å². The minimum absolute atomic E-state index is 0.148. The molecule has 0 radical (unpaired) electrons. The van der Waals surface area contributed by atoms with Crippen LogP contribution in [-0.2, 0) is 0 Å². The number of nitrogen functional groups attached to an aromatic ring is 1. The van der Waals surface area contributed by atoms with Crippen molar-refractivity contribution < 1.29 is 4.74 Å². The number of nitrogens with zero attached hydrogens (tertiary/aromatic N) is 2. The lowest BCUT2D eigenvalue weighted by Crippen LogP contribution is -2.14. The predicted octanol–water partition coefficient (Wildman–Crippen LogP) is 1.25. The Morgan fingerprint density at radius 3 is 2.86 bits per heavy atom. The molecular formula is C9H16N4O. The van der Waals surface area contributed by atoms with Crippen LogP contribution in [0.25, 0.3) is 0 Å². The standard InChI is InChI=1S/C9H16N4O/c1-4-6(2)14-9-5-8(13-10)11-7(3)12-9/h5-6H,4,10H2,1-3H3,(H,11,12,13). The number of anilines is 1. The maximum atomic E-state index is 5.54. The molecule has 0 bridgehead atoms. The highest BCUT2D eigenvalue weighted by molar-refractivity contribution is 5.36. The summed E-state index contributed by atoms with van der Waals surface area (Å²) in [5.41, 5.74) is 2.47. The van der Waals surface area contributed by atoms with Crippen molar-refractivity contribution in [3.8, 4) is 5.88 Å². The molecule has 0 amide bonds. The Labute approximate surface area is 83.7 Å². The van der Waals surface area contributed by atoms with Crippen LogP contribution in [0.1, 0.15) is 26.1 Å². The fourth-order valence-electron chi connectivity index (χ4n) is 0.964. The Hall–Kier alpha value is -1.36. The first-order chi connectivity index (χ1) is 6.65. The van der Waals surface area contributed by atoms with E-state index in [9.17, 15) is 0 Å². The second-order valence-electron chi connectivity index (χ2n) is 3.12. The van der Waals surface area contributed by atoms with E-state index in [0.29, 0.717) is 17.5 Å². The lowest BCUT2D eigenvalue weighted by Gasteiger charge is -2.12. The van der Waals surface area contributed by atoms with E-state index in [4.69, 9.17) is 10.6 Å². The summed E-state index contributed by atoms with van der Waals surface area (Å²) in [6.07, 6.45) is 1.09. The molecule has 1 aromatic rings. The summed E-state index contributed by atoms with van der Waals surface area (Å²) >= 11 is 0. The van der Waals surface area contributed by atoms with Gasteiger partial charge in [-0.3, -0.25) is 0 Å². The van der Waals surface area contributed by atoms with Gasteiger partial charge in [0, 0.05) is 6.07 Å². The van der Waals surface area contributed by atoms with E-state index in [1.807, 2.05) is 6.92 Å². The highest BCUT2D eigenvalue weighted by Crippen LogP contribution is 2.14. The molecule has 14 heavy (non-hydrogen) atoms. The Balaban J connectivity index is 2.81. The van der Waals surface area contributed by atoms with Crippen molar-refractivity contribution in [2.45, 2.75) is 33.3 Å². The maximum Gasteiger partial charge on any atom is 0.219 e. The smallest absolute Gasteiger partial charge is 0.219 e. The van der Waals surface area contributed by atoms with Crippen molar-refractivity contribution >= 4 is 5.82 Å². The fraction of sp³-hybridized carbons (Fsp3) is 0.556. The summed E-state index contributed by atoms with van der Waals surface area (Å²) in [7, 11) is 0. The number of nitrogens with one attached hydrogen (secondary N) is 1. The average molecular weight is 196 g/mol. The largest absolute Gasteiger partial charge is 0.475 e. The highest BCUT2D eigenvalue weighted by atomic mass is 16.5. The first kappa shape index (κ1) is 10.7. The summed E-state index contributed by atoms with van der Waals surface area (Å²) in [6, 6.07) is 1.68.